The monoisotopic (exact) mass is 281 g/mol. The van der Waals surface area contributed by atoms with Gasteiger partial charge >= 0.3 is 25.0 Å². The van der Waals surface area contributed by atoms with Gasteiger partial charge in [-0.3, -0.25) is 0 Å². The molecule has 2 aromatic rings. The number of halogens is 4. The van der Waals surface area contributed by atoms with Crippen LogP contribution in [-0.4, -0.2) is 4.98 Å². The molecule has 16 heavy (non-hydrogen) atoms. The van der Waals surface area contributed by atoms with Crippen LogP contribution in [0.25, 0.3) is 10.9 Å². The molecular weight excluding hydrogens is 278 g/mol. The second-order valence-corrected chi connectivity index (χ2v) is 3.77. The van der Waals surface area contributed by atoms with E-state index in [9.17, 15) is 13.2 Å². The first-order valence-electron chi connectivity index (χ1n) is 4.02. The minimum Gasteiger partial charge on any atom is -0.339 e. The third kappa shape index (κ3) is 2.60. The Bertz CT molecular complexity index is 513. The van der Waals surface area contributed by atoms with Crippen molar-refractivity contribution in [2.24, 2.45) is 0 Å². The molecule has 0 amide bonds. The number of benzene rings is 1. The van der Waals surface area contributed by atoms with Crippen molar-refractivity contribution in [1.29, 1.82) is 0 Å². The van der Waals surface area contributed by atoms with E-state index in [4.69, 9.17) is 0 Å². The molecule has 1 heterocycles. The fraction of sp³-hybridized carbons (Fsp3) is 0.100. The normalized spacial score (nSPS) is 11.2. The summed E-state index contributed by atoms with van der Waals surface area (Å²) in [6.07, 6.45) is -4.43. The zero-order chi connectivity index (χ0) is 11.1. The Labute approximate surface area is 110 Å². The van der Waals surface area contributed by atoms with Gasteiger partial charge in [-0.05, 0) is 9.99 Å². The summed E-state index contributed by atoms with van der Waals surface area (Å²) < 4.78 is 37.6. The minimum atomic E-state index is -4.43. The maximum absolute atomic E-state index is 12.3. The standard InChI is InChI=1S/C10H4BrF3N.Li/c11-7-3-1-2-6-4-5-8(10(12,13)14)15-9(6)7;/h1-3,5H;/q-1;+1. The molecule has 0 atom stereocenters. The largest absolute Gasteiger partial charge is 1.00 e. The van der Waals surface area contributed by atoms with Crippen molar-refractivity contribution >= 4 is 26.8 Å². The molecule has 0 radical (unpaired) electrons. The molecule has 1 aromatic carbocycles. The van der Waals surface area contributed by atoms with Crippen LogP contribution in [0.5, 0.6) is 0 Å². The average Bonchev–Trinajstić information content (AvgIpc) is 2.16. The number of para-hydroxylation sites is 1. The molecule has 0 aliphatic carbocycles. The maximum Gasteiger partial charge on any atom is 1.00 e. The van der Waals surface area contributed by atoms with E-state index in [1.165, 1.54) is 0 Å². The van der Waals surface area contributed by atoms with Crippen molar-refractivity contribution in [2.75, 3.05) is 0 Å². The molecule has 0 bridgehead atoms. The van der Waals surface area contributed by atoms with Crippen LogP contribution in [0.15, 0.2) is 28.7 Å². The third-order valence-corrected chi connectivity index (χ3v) is 2.51. The molecule has 0 fully saturated rings. The number of rotatable bonds is 0. The number of hydrogen-bond donors (Lipinski definition) is 0. The molecular formula is C10H4BrF3LiN. The number of nitrogens with zero attached hydrogens (tertiary/aromatic N) is 1. The van der Waals surface area contributed by atoms with Crippen LogP contribution in [0.2, 0.25) is 0 Å². The molecule has 0 unspecified atom stereocenters. The summed E-state index contributed by atoms with van der Waals surface area (Å²) in [6.45, 7) is 0. The van der Waals surface area contributed by atoms with Gasteiger partial charge in [0.25, 0.3) is 0 Å². The quantitative estimate of drug-likeness (QED) is 0.515. The smallest absolute Gasteiger partial charge is 0.339 e. The Morgan fingerprint density at radius 2 is 1.94 bits per heavy atom. The summed E-state index contributed by atoms with van der Waals surface area (Å²) in [4.78, 5) is 3.54. The van der Waals surface area contributed by atoms with Crippen molar-refractivity contribution in [1.82, 2.24) is 4.98 Å². The number of aromatic nitrogens is 1. The second kappa shape index (κ2) is 4.78. The summed E-state index contributed by atoms with van der Waals surface area (Å²) in [5.74, 6) is 0. The van der Waals surface area contributed by atoms with Crippen molar-refractivity contribution in [2.45, 2.75) is 6.18 Å². The number of fused-ring (bicyclic) bond motifs is 1. The van der Waals surface area contributed by atoms with E-state index in [0.717, 1.165) is 6.07 Å². The molecule has 0 spiro atoms. The SMILES string of the molecule is FC(F)(F)c1c[c-]c2cccc(Br)c2n1.[Li+]. The van der Waals surface area contributed by atoms with Crippen LogP contribution < -0.4 is 18.9 Å². The summed E-state index contributed by atoms with van der Waals surface area (Å²) in [6, 6.07) is 8.43. The van der Waals surface area contributed by atoms with Gasteiger partial charge in [-0.1, -0.05) is 22.0 Å². The van der Waals surface area contributed by atoms with E-state index in [-0.39, 0.29) is 24.4 Å². The minimum absolute atomic E-state index is 0. The van der Waals surface area contributed by atoms with E-state index < -0.39 is 11.9 Å². The number of hydrogen-bond acceptors (Lipinski definition) is 1. The van der Waals surface area contributed by atoms with Crippen molar-refractivity contribution in [3.63, 3.8) is 0 Å². The van der Waals surface area contributed by atoms with Gasteiger partial charge in [0.2, 0.25) is 0 Å². The van der Waals surface area contributed by atoms with Crippen molar-refractivity contribution in [3.8, 4) is 0 Å². The van der Waals surface area contributed by atoms with E-state index in [1.807, 2.05) is 0 Å². The zero-order valence-corrected chi connectivity index (χ0v) is 9.85. The summed E-state index contributed by atoms with van der Waals surface area (Å²) >= 11 is 3.15. The summed E-state index contributed by atoms with van der Waals surface area (Å²) in [5, 5.41) is 0.553. The molecule has 78 valence electrons. The van der Waals surface area contributed by atoms with Gasteiger partial charge in [-0.25, -0.2) is 0 Å². The number of pyridine rings is 1. The zero-order valence-electron chi connectivity index (χ0n) is 8.27. The van der Waals surface area contributed by atoms with Crippen LogP contribution in [0, 0.1) is 6.07 Å². The van der Waals surface area contributed by atoms with Crippen LogP contribution in [-0.2, 0) is 6.18 Å². The summed E-state index contributed by atoms with van der Waals surface area (Å²) in [7, 11) is 0. The molecule has 0 aliphatic heterocycles. The fourth-order valence-corrected chi connectivity index (χ4v) is 1.64. The van der Waals surface area contributed by atoms with Crippen molar-refractivity contribution < 1.29 is 32.0 Å². The molecule has 0 saturated heterocycles. The van der Waals surface area contributed by atoms with Crippen LogP contribution in [0.4, 0.5) is 13.2 Å². The predicted octanol–water partition coefficient (Wildman–Crippen LogP) is 0.820. The first kappa shape index (κ1) is 13.6. The Morgan fingerprint density at radius 3 is 2.56 bits per heavy atom. The summed E-state index contributed by atoms with van der Waals surface area (Å²) in [5.41, 5.74) is -0.658. The van der Waals surface area contributed by atoms with Gasteiger partial charge in [-0.2, -0.15) is 13.2 Å². The van der Waals surface area contributed by atoms with E-state index in [1.54, 1.807) is 18.2 Å². The van der Waals surface area contributed by atoms with Crippen LogP contribution in [0.1, 0.15) is 5.69 Å². The van der Waals surface area contributed by atoms with Crippen molar-refractivity contribution in [3.05, 3.63) is 40.5 Å². The maximum atomic E-state index is 12.3. The Kier molecular flexibility index (Phi) is 4.05. The predicted molar refractivity (Wildman–Crippen MR) is 53.3 cm³/mol. The van der Waals surface area contributed by atoms with E-state index in [2.05, 4.69) is 27.0 Å². The molecule has 0 N–H and O–H groups in total. The van der Waals surface area contributed by atoms with Crippen LogP contribution >= 0.6 is 15.9 Å². The Hall–Kier alpha value is -0.503. The Balaban J connectivity index is 0.00000128. The van der Waals surface area contributed by atoms with Gasteiger partial charge in [0.05, 0.1) is 5.69 Å². The molecule has 1 aromatic heterocycles. The average molecular weight is 282 g/mol. The van der Waals surface area contributed by atoms with Gasteiger partial charge in [0.15, 0.2) is 0 Å². The first-order valence-corrected chi connectivity index (χ1v) is 4.82. The molecule has 1 nitrogen and oxygen atoms in total. The van der Waals surface area contributed by atoms with Gasteiger partial charge < -0.3 is 4.98 Å². The van der Waals surface area contributed by atoms with Gasteiger partial charge in [0.1, 0.15) is 0 Å². The molecule has 2 rings (SSSR count). The first-order chi connectivity index (χ1) is 6.98. The second-order valence-electron chi connectivity index (χ2n) is 2.92. The molecule has 0 saturated carbocycles. The molecule has 6 heteroatoms. The van der Waals surface area contributed by atoms with Crippen LogP contribution in [0.3, 0.4) is 0 Å². The third-order valence-electron chi connectivity index (χ3n) is 1.87. The Morgan fingerprint density at radius 1 is 1.25 bits per heavy atom. The van der Waals surface area contributed by atoms with E-state index in [0.29, 0.717) is 9.86 Å². The van der Waals surface area contributed by atoms with E-state index >= 15 is 0 Å². The fourth-order valence-electron chi connectivity index (χ4n) is 1.19. The number of alkyl halides is 3. The molecule has 0 aliphatic rings. The van der Waals surface area contributed by atoms with Gasteiger partial charge in [-0.15, -0.1) is 29.7 Å². The van der Waals surface area contributed by atoms with Gasteiger partial charge in [0, 0.05) is 0 Å². The topological polar surface area (TPSA) is 12.9 Å².